The fourth-order valence-electron chi connectivity index (χ4n) is 9.28. The molecular weight excluding hydrogens is 1020 g/mol. The number of ether oxygens (including phenoxy) is 3. The topological polar surface area (TPSA) is 78.9 Å². The second-order valence-electron chi connectivity index (χ2n) is 22.3. The second-order valence-corrected chi connectivity index (χ2v) is 22.3. The van der Waals surface area contributed by atoms with E-state index in [0.29, 0.717) is 6.42 Å². The molecule has 0 spiro atoms. The maximum atomic E-state index is 12.9. The summed E-state index contributed by atoms with van der Waals surface area (Å²) in [6.45, 7) is 6.31. The van der Waals surface area contributed by atoms with Crippen molar-refractivity contribution in [3.63, 3.8) is 0 Å². The van der Waals surface area contributed by atoms with Gasteiger partial charge in [0.1, 0.15) is 13.2 Å². The van der Waals surface area contributed by atoms with Crippen LogP contribution in [0.25, 0.3) is 0 Å². The van der Waals surface area contributed by atoms with Gasteiger partial charge in [0.25, 0.3) is 0 Å². The molecule has 0 saturated carbocycles. The Morgan fingerprint density at radius 2 is 0.518 bits per heavy atom. The number of carbonyl (C=O) groups excluding carboxylic acids is 3. The first kappa shape index (κ1) is 78.3. The van der Waals surface area contributed by atoms with E-state index in [1.807, 2.05) is 6.08 Å². The Morgan fingerprint density at radius 3 is 0.843 bits per heavy atom. The van der Waals surface area contributed by atoms with Crippen LogP contribution in [0.3, 0.4) is 0 Å². The molecule has 1 unspecified atom stereocenters. The van der Waals surface area contributed by atoms with Crippen LogP contribution < -0.4 is 0 Å². The summed E-state index contributed by atoms with van der Waals surface area (Å²) >= 11 is 0. The van der Waals surface area contributed by atoms with Gasteiger partial charge in [-0.25, -0.2) is 0 Å². The second kappa shape index (κ2) is 69.8. The van der Waals surface area contributed by atoms with Crippen molar-refractivity contribution in [3.05, 3.63) is 146 Å². The van der Waals surface area contributed by atoms with Crippen LogP contribution in [0.5, 0.6) is 0 Å². The third kappa shape index (κ3) is 68.0. The van der Waals surface area contributed by atoms with E-state index in [1.165, 1.54) is 135 Å². The van der Waals surface area contributed by atoms with Gasteiger partial charge in [-0.15, -0.1) is 0 Å². The van der Waals surface area contributed by atoms with E-state index in [1.54, 1.807) is 6.08 Å². The van der Waals surface area contributed by atoms with Crippen LogP contribution in [0.15, 0.2) is 146 Å². The first-order valence-corrected chi connectivity index (χ1v) is 34.3. The Kier molecular flexibility index (Phi) is 65.8. The highest BCUT2D eigenvalue weighted by molar-refractivity contribution is 5.72. The van der Waals surface area contributed by atoms with Gasteiger partial charge in [-0.1, -0.05) is 308 Å². The average molecular weight is 1150 g/mol. The van der Waals surface area contributed by atoms with Crippen molar-refractivity contribution in [2.45, 2.75) is 309 Å². The minimum Gasteiger partial charge on any atom is -0.462 e. The maximum absolute atomic E-state index is 12.9. The highest BCUT2D eigenvalue weighted by Gasteiger charge is 2.19. The van der Waals surface area contributed by atoms with Crippen LogP contribution in [0, 0.1) is 0 Å². The molecule has 0 N–H and O–H groups in total. The van der Waals surface area contributed by atoms with Gasteiger partial charge < -0.3 is 14.2 Å². The summed E-state index contributed by atoms with van der Waals surface area (Å²) in [5, 5.41) is 0. The molecule has 0 aliphatic heterocycles. The van der Waals surface area contributed by atoms with Gasteiger partial charge >= 0.3 is 17.9 Å². The van der Waals surface area contributed by atoms with Gasteiger partial charge in [-0.05, 0) is 122 Å². The van der Waals surface area contributed by atoms with Gasteiger partial charge in [0.15, 0.2) is 6.10 Å². The smallest absolute Gasteiger partial charge is 0.309 e. The third-order valence-electron chi connectivity index (χ3n) is 14.3. The average Bonchev–Trinajstić information content (AvgIpc) is 3.49. The Hall–Kier alpha value is -4.71. The molecule has 0 rings (SSSR count). The van der Waals surface area contributed by atoms with E-state index in [2.05, 4.69) is 154 Å². The van der Waals surface area contributed by atoms with E-state index in [9.17, 15) is 14.4 Å². The van der Waals surface area contributed by atoms with E-state index in [4.69, 9.17) is 14.2 Å². The summed E-state index contributed by atoms with van der Waals surface area (Å²) in [4.78, 5) is 38.3. The lowest BCUT2D eigenvalue weighted by molar-refractivity contribution is -0.166. The molecule has 0 amide bonds. The lowest BCUT2D eigenvalue weighted by Crippen LogP contribution is -2.30. The van der Waals surface area contributed by atoms with Crippen molar-refractivity contribution in [1.82, 2.24) is 0 Å². The zero-order valence-electron chi connectivity index (χ0n) is 53.9. The lowest BCUT2D eigenvalue weighted by Gasteiger charge is -2.18. The van der Waals surface area contributed by atoms with E-state index in [-0.39, 0.29) is 38.0 Å². The summed E-state index contributed by atoms with van der Waals surface area (Å²) in [6, 6.07) is 0. The lowest BCUT2D eigenvalue weighted by atomic mass is 10.0. The zero-order valence-corrected chi connectivity index (χ0v) is 53.9. The van der Waals surface area contributed by atoms with Crippen molar-refractivity contribution in [2.24, 2.45) is 0 Å². The molecule has 0 heterocycles. The quantitative estimate of drug-likeness (QED) is 0.0261. The van der Waals surface area contributed by atoms with E-state index >= 15 is 0 Å². The molecule has 0 radical (unpaired) electrons. The molecule has 0 bridgehead atoms. The van der Waals surface area contributed by atoms with E-state index in [0.717, 1.165) is 128 Å². The van der Waals surface area contributed by atoms with Crippen molar-refractivity contribution < 1.29 is 28.6 Å². The van der Waals surface area contributed by atoms with Crippen LogP contribution in [0.1, 0.15) is 303 Å². The molecule has 6 nitrogen and oxygen atoms in total. The van der Waals surface area contributed by atoms with Crippen molar-refractivity contribution in [1.29, 1.82) is 0 Å². The monoisotopic (exact) mass is 1150 g/mol. The number of esters is 3. The Balaban J connectivity index is 4.38. The fraction of sp³-hybridized carbons (Fsp3) is 0.649. The Bertz CT molecular complexity index is 1800. The molecule has 1 atom stereocenters. The SMILES string of the molecule is CC/C=C\C/C=C\C/C=C\C/C=C\C/C=C\CCCCCCCC(=O)OC(COC(=O)C/C=C\C/C=C\C/C=C\C/C=C\C/C=C\CC)COC(=O)CCCCCCCCCCCCCCCCCCC/C=C\C/C=C\CCCCCCC. The predicted octanol–water partition coefficient (Wildman–Crippen LogP) is 23.9. The number of hydrogen-bond donors (Lipinski definition) is 0. The van der Waals surface area contributed by atoms with Gasteiger partial charge in [0, 0.05) is 12.8 Å². The normalized spacial score (nSPS) is 13.0. The summed E-state index contributed by atoms with van der Waals surface area (Å²) in [6.07, 6.45) is 100. The first-order valence-electron chi connectivity index (χ1n) is 34.3. The molecule has 0 aliphatic carbocycles. The van der Waals surface area contributed by atoms with Crippen molar-refractivity contribution in [2.75, 3.05) is 13.2 Å². The molecular formula is C77H126O6. The van der Waals surface area contributed by atoms with Gasteiger partial charge in [0.05, 0.1) is 6.42 Å². The fourth-order valence-corrected chi connectivity index (χ4v) is 9.28. The summed E-state index contributed by atoms with van der Waals surface area (Å²) in [5.74, 6) is -1.07. The molecule has 83 heavy (non-hydrogen) atoms. The molecule has 0 aromatic heterocycles. The standard InChI is InChI=1S/C77H126O6/c1-4-7-10-13-16-19-22-25-28-30-32-34-35-36-37-38-39-40-41-43-44-46-49-52-55-58-61-64-67-70-76(79)82-73-74(72-81-75(78)69-66-63-60-57-54-51-48-27-24-21-18-15-12-9-6-3)83-77(80)71-68-65-62-59-56-53-50-47-45-42-33-31-29-26-23-20-17-14-11-8-5-2/h8-9,11-12,17-18,20-22,25-27,29-30,32-33,42,47-48,50,54,57,63,66,74H,4-7,10,13-16,19,23-24,28,31,34-41,43-46,49,51-53,55-56,58-62,64-65,67-73H2,1-3H3/b11-8-,12-9-,20-17-,21-18-,25-22-,29-26-,32-30-,42-33-,48-27-,50-47-,57-54-,66-63-. The van der Waals surface area contributed by atoms with Crippen LogP contribution >= 0.6 is 0 Å². The van der Waals surface area contributed by atoms with Gasteiger partial charge in [-0.3, -0.25) is 14.4 Å². The molecule has 0 aromatic rings. The number of rotatable bonds is 61. The van der Waals surface area contributed by atoms with Gasteiger partial charge in [-0.2, -0.15) is 0 Å². The largest absolute Gasteiger partial charge is 0.462 e. The van der Waals surface area contributed by atoms with Crippen LogP contribution in [0.2, 0.25) is 0 Å². The van der Waals surface area contributed by atoms with Crippen LogP contribution in [0.4, 0.5) is 0 Å². The summed E-state index contributed by atoms with van der Waals surface area (Å²) < 4.78 is 16.8. The minimum absolute atomic E-state index is 0.118. The van der Waals surface area contributed by atoms with E-state index < -0.39 is 12.1 Å². The Labute approximate surface area is 512 Å². The molecule has 0 aliphatic rings. The van der Waals surface area contributed by atoms with Crippen molar-refractivity contribution in [3.8, 4) is 0 Å². The number of carbonyl (C=O) groups is 3. The third-order valence-corrected chi connectivity index (χ3v) is 14.3. The molecule has 0 saturated heterocycles. The molecule has 470 valence electrons. The Morgan fingerprint density at radius 1 is 0.265 bits per heavy atom. The first-order chi connectivity index (χ1) is 41.0. The van der Waals surface area contributed by atoms with Crippen LogP contribution in [-0.2, 0) is 28.6 Å². The summed E-state index contributed by atoms with van der Waals surface area (Å²) in [7, 11) is 0. The predicted molar refractivity (Wildman–Crippen MR) is 362 cm³/mol. The highest BCUT2D eigenvalue weighted by Crippen LogP contribution is 2.16. The maximum Gasteiger partial charge on any atom is 0.309 e. The molecule has 0 aromatic carbocycles. The molecule has 6 heteroatoms. The number of hydrogen-bond acceptors (Lipinski definition) is 6. The zero-order chi connectivity index (χ0) is 59.9. The number of unbranched alkanes of at least 4 members (excludes halogenated alkanes) is 27. The van der Waals surface area contributed by atoms with Crippen LogP contribution in [-0.4, -0.2) is 37.2 Å². The minimum atomic E-state index is -0.836. The molecule has 0 fully saturated rings. The van der Waals surface area contributed by atoms with Crippen molar-refractivity contribution >= 4 is 17.9 Å². The summed E-state index contributed by atoms with van der Waals surface area (Å²) in [5.41, 5.74) is 0. The van der Waals surface area contributed by atoms with Gasteiger partial charge in [0.2, 0.25) is 0 Å². The highest BCUT2D eigenvalue weighted by atomic mass is 16.6. The number of allylic oxidation sites excluding steroid dienone is 23.